The first kappa shape index (κ1) is 13.0. The Balaban J connectivity index is 2.07. The second kappa shape index (κ2) is 4.52. The van der Waals surface area contributed by atoms with Crippen LogP contribution in [0.25, 0.3) is 11.2 Å². The molecule has 1 unspecified atom stereocenters. The van der Waals surface area contributed by atoms with Crippen LogP contribution >= 0.6 is 0 Å². The predicted molar refractivity (Wildman–Crippen MR) is 67.2 cm³/mol. The minimum Gasteiger partial charge on any atom is -0.394 e. The smallest absolute Gasteiger partial charge is 0.224 e. The van der Waals surface area contributed by atoms with E-state index >= 15 is 0 Å². The molecule has 0 saturated carbocycles. The van der Waals surface area contributed by atoms with Gasteiger partial charge in [0.25, 0.3) is 0 Å². The van der Waals surface area contributed by atoms with E-state index in [0.29, 0.717) is 5.52 Å². The predicted octanol–water partition coefficient (Wildman–Crippen LogP) is -2.40. The van der Waals surface area contributed by atoms with Gasteiger partial charge in [-0.3, -0.25) is 4.57 Å². The number of ether oxygens (including phenoxy) is 1. The minimum atomic E-state index is -1.23. The normalized spacial score (nSPS) is 30.1. The van der Waals surface area contributed by atoms with Gasteiger partial charge in [0.15, 0.2) is 17.7 Å². The zero-order valence-electron chi connectivity index (χ0n) is 10.3. The molecule has 0 aromatic carbocycles. The summed E-state index contributed by atoms with van der Waals surface area (Å²) in [6, 6.07) is 0. The highest BCUT2D eigenvalue weighted by Crippen LogP contribution is 2.31. The number of hydrogen-bond acceptors (Lipinski definition) is 9. The van der Waals surface area contributed by atoms with Crippen molar-refractivity contribution in [2.45, 2.75) is 24.5 Å². The molecule has 3 rings (SSSR count). The highest BCUT2D eigenvalue weighted by atomic mass is 16.6. The SMILES string of the molecule is Nc1nc(N)c2ncn(C3O[C@@H](CO)[C@H](O)[C@H]3O)c2n1. The summed E-state index contributed by atoms with van der Waals surface area (Å²) >= 11 is 0. The van der Waals surface area contributed by atoms with Crippen molar-refractivity contribution >= 4 is 22.9 Å². The van der Waals surface area contributed by atoms with Crippen LogP contribution in [0.2, 0.25) is 0 Å². The molecule has 0 radical (unpaired) electrons. The van der Waals surface area contributed by atoms with Crippen molar-refractivity contribution in [3.63, 3.8) is 0 Å². The van der Waals surface area contributed by atoms with Crippen LogP contribution in [0.4, 0.5) is 11.8 Å². The summed E-state index contributed by atoms with van der Waals surface area (Å²) in [5.41, 5.74) is 11.8. The molecule has 0 amide bonds. The van der Waals surface area contributed by atoms with Crippen LogP contribution < -0.4 is 11.5 Å². The van der Waals surface area contributed by atoms with Crippen LogP contribution in [0, 0.1) is 0 Å². The molecule has 2 aromatic rings. The Kier molecular flexibility index (Phi) is 2.94. The van der Waals surface area contributed by atoms with Crippen molar-refractivity contribution in [3.05, 3.63) is 6.33 Å². The molecule has 3 heterocycles. The fraction of sp³-hybridized carbons (Fsp3) is 0.500. The van der Waals surface area contributed by atoms with Crippen LogP contribution in [0.1, 0.15) is 6.23 Å². The van der Waals surface area contributed by atoms with Crippen molar-refractivity contribution < 1.29 is 20.1 Å². The van der Waals surface area contributed by atoms with Crippen LogP contribution in [-0.4, -0.2) is 59.8 Å². The number of fused-ring (bicyclic) bond motifs is 1. The van der Waals surface area contributed by atoms with Crippen LogP contribution in [0.5, 0.6) is 0 Å². The zero-order chi connectivity index (χ0) is 14.4. The third kappa shape index (κ3) is 1.78. The van der Waals surface area contributed by atoms with E-state index in [-0.39, 0.29) is 17.4 Å². The molecule has 20 heavy (non-hydrogen) atoms. The number of nitrogen functional groups attached to an aromatic ring is 2. The zero-order valence-corrected chi connectivity index (χ0v) is 10.3. The van der Waals surface area contributed by atoms with E-state index < -0.39 is 31.1 Å². The number of imidazole rings is 1. The van der Waals surface area contributed by atoms with Crippen LogP contribution in [-0.2, 0) is 4.74 Å². The summed E-state index contributed by atoms with van der Waals surface area (Å²) in [5, 5.41) is 28.8. The maximum absolute atomic E-state index is 9.99. The number of hydrogen-bond donors (Lipinski definition) is 5. The van der Waals surface area contributed by atoms with Crippen LogP contribution in [0.15, 0.2) is 6.33 Å². The molecule has 7 N–H and O–H groups in total. The fourth-order valence-corrected chi connectivity index (χ4v) is 2.25. The maximum atomic E-state index is 9.99. The lowest BCUT2D eigenvalue weighted by Gasteiger charge is -2.16. The van der Waals surface area contributed by atoms with Crippen LogP contribution in [0.3, 0.4) is 0 Å². The van der Waals surface area contributed by atoms with Gasteiger partial charge in [-0.15, -0.1) is 0 Å². The van der Waals surface area contributed by atoms with Gasteiger partial charge in [-0.05, 0) is 0 Å². The first-order valence-corrected chi connectivity index (χ1v) is 5.91. The van der Waals surface area contributed by atoms with Gasteiger partial charge in [0, 0.05) is 0 Å². The summed E-state index contributed by atoms with van der Waals surface area (Å²) in [7, 11) is 0. The van der Waals surface area contributed by atoms with E-state index in [4.69, 9.17) is 21.3 Å². The molecule has 10 heteroatoms. The fourth-order valence-electron chi connectivity index (χ4n) is 2.25. The van der Waals surface area contributed by atoms with E-state index in [1.54, 1.807) is 0 Å². The molecule has 1 aliphatic rings. The lowest BCUT2D eigenvalue weighted by molar-refractivity contribution is -0.0511. The topological polar surface area (TPSA) is 166 Å². The van der Waals surface area contributed by atoms with Gasteiger partial charge in [-0.1, -0.05) is 0 Å². The number of rotatable bonds is 2. The second-order valence-electron chi connectivity index (χ2n) is 4.52. The monoisotopic (exact) mass is 282 g/mol. The van der Waals surface area contributed by atoms with Crippen molar-refractivity contribution in [1.29, 1.82) is 0 Å². The van der Waals surface area contributed by atoms with Gasteiger partial charge < -0.3 is 31.5 Å². The van der Waals surface area contributed by atoms with Crippen molar-refractivity contribution in [1.82, 2.24) is 19.5 Å². The van der Waals surface area contributed by atoms with E-state index in [2.05, 4.69) is 15.0 Å². The Morgan fingerprint density at radius 2 is 2.00 bits per heavy atom. The van der Waals surface area contributed by atoms with Crippen molar-refractivity contribution in [3.8, 4) is 0 Å². The maximum Gasteiger partial charge on any atom is 0.224 e. The number of nitrogens with zero attached hydrogens (tertiary/aromatic N) is 4. The summed E-state index contributed by atoms with van der Waals surface area (Å²) in [5.74, 6) is 0.0708. The largest absolute Gasteiger partial charge is 0.394 e. The van der Waals surface area contributed by atoms with E-state index in [1.165, 1.54) is 10.9 Å². The van der Waals surface area contributed by atoms with Gasteiger partial charge in [-0.25, -0.2) is 4.98 Å². The Morgan fingerprint density at radius 1 is 1.25 bits per heavy atom. The Labute approximate surface area is 112 Å². The lowest BCUT2D eigenvalue weighted by Crippen LogP contribution is -2.33. The molecular formula is C10H14N6O4. The quantitative estimate of drug-likeness (QED) is 0.403. The van der Waals surface area contributed by atoms with Gasteiger partial charge >= 0.3 is 0 Å². The molecule has 0 spiro atoms. The van der Waals surface area contributed by atoms with E-state index in [1.807, 2.05) is 0 Å². The minimum absolute atomic E-state index is 0.0384. The summed E-state index contributed by atoms with van der Waals surface area (Å²) in [4.78, 5) is 11.8. The number of aliphatic hydroxyl groups excluding tert-OH is 3. The van der Waals surface area contributed by atoms with Gasteiger partial charge in [0.2, 0.25) is 5.95 Å². The van der Waals surface area contributed by atoms with Crippen molar-refractivity contribution in [2.24, 2.45) is 0 Å². The number of aliphatic hydroxyl groups is 3. The Morgan fingerprint density at radius 3 is 2.65 bits per heavy atom. The van der Waals surface area contributed by atoms with Crippen molar-refractivity contribution in [2.75, 3.05) is 18.1 Å². The highest BCUT2D eigenvalue weighted by Gasteiger charge is 2.44. The molecule has 0 aliphatic carbocycles. The average molecular weight is 282 g/mol. The Bertz CT molecular complexity index is 646. The summed E-state index contributed by atoms with van der Waals surface area (Å²) in [6.07, 6.45) is -2.92. The Hall–Kier alpha value is -2.01. The molecule has 0 bridgehead atoms. The van der Waals surface area contributed by atoms with E-state index in [9.17, 15) is 10.2 Å². The first-order valence-electron chi connectivity index (χ1n) is 5.91. The lowest BCUT2D eigenvalue weighted by atomic mass is 10.1. The van der Waals surface area contributed by atoms with E-state index in [0.717, 1.165) is 0 Å². The standard InChI is InChI=1S/C10H14N6O4/c11-7-4-8(15-10(12)14-7)16(2-13-4)9-6(19)5(18)3(1-17)20-9/h2-3,5-6,9,17-19H,1H2,(H4,11,12,14,15)/t3-,5-,6+,9?/m0/s1. The molecule has 108 valence electrons. The van der Waals surface area contributed by atoms with Gasteiger partial charge in [-0.2, -0.15) is 9.97 Å². The third-order valence-electron chi connectivity index (χ3n) is 3.26. The molecule has 4 atom stereocenters. The molecule has 1 aliphatic heterocycles. The van der Waals surface area contributed by atoms with Gasteiger partial charge in [0.1, 0.15) is 23.8 Å². The molecular weight excluding hydrogens is 268 g/mol. The molecule has 2 aromatic heterocycles. The van der Waals surface area contributed by atoms with Gasteiger partial charge in [0.05, 0.1) is 12.9 Å². The summed E-state index contributed by atoms with van der Waals surface area (Å²) in [6.45, 7) is -0.416. The number of aromatic nitrogens is 4. The number of anilines is 2. The number of nitrogens with two attached hydrogens (primary N) is 2. The average Bonchev–Trinajstić information content (AvgIpc) is 2.93. The molecule has 10 nitrogen and oxygen atoms in total. The third-order valence-corrected chi connectivity index (χ3v) is 3.26. The second-order valence-corrected chi connectivity index (χ2v) is 4.52. The highest BCUT2D eigenvalue weighted by molar-refractivity contribution is 5.82. The summed E-state index contributed by atoms with van der Waals surface area (Å²) < 4.78 is 6.79. The molecule has 1 fully saturated rings. The first-order chi connectivity index (χ1) is 9.52. The molecule has 1 saturated heterocycles.